The first-order valence-electron chi connectivity index (χ1n) is 8.20. The molecule has 108 valence electrons. The van der Waals surface area contributed by atoms with Crippen LogP contribution in [0.3, 0.4) is 0 Å². The minimum Gasteiger partial charge on any atom is -0.207 e. The van der Waals surface area contributed by atoms with Crippen molar-refractivity contribution in [1.82, 2.24) is 0 Å². The van der Waals surface area contributed by atoms with Gasteiger partial charge in [-0.3, -0.25) is 0 Å². The molecule has 1 spiro atoms. The lowest BCUT2D eigenvalue weighted by molar-refractivity contribution is 0.233. The van der Waals surface area contributed by atoms with E-state index in [0.29, 0.717) is 16.2 Å². The lowest BCUT2D eigenvalue weighted by atomic mass is 9.68. The molecule has 0 saturated heterocycles. The minimum atomic E-state index is 0.0111. The molecular formula is C19H25F. The molecule has 0 heterocycles. The molecule has 0 aliphatic heterocycles. The average Bonchev–Trinajstić information content (AvgIpc) is 2.84. The van der Waals surface area contributed by atoms with Gasteiger partial charge in [0.05, 0.1) is 0 Å². The lowest BCUT2D eigenvalue weighted by Gasteiger charge is -2.36. The van der Waals surface area contributed by atoms with Crippen LogP contribution >= 0.6 is 0 Å². The highest BCUT2D eigenvalue weighted by molar-refractivity contribution is 5.37. The fourth-order valence-corrected chi connectivity index (χ4v) is 5.47. The summed E-state index contributed by atoms with van der Waals surface area (Å²) >= 11 is 0. The number of hydrogen-bond donors (Lipinski definition) is 0. The third kappa shape index (κ3) is 1.47. The van der Waals surface area contributed by atoms with Crippen molar-refractivity contribution in [2.45, 2.75) is 70.6 Å². The number of benzene rings is 1. The molecule has 3 atom stereocenters. The topological polar surface area (TPSA) is 0 Å². The van der Waals surface area contributed by atoms with E-state index in [9.17, 15) is 4.39 Å². The Morgan fingerprint density at radius 1 is 1.05 bits per heavy atom. The van der Waals surface area contributed by atoms with Crippen molar-refractivity contribution in [1.29, 1.82) is 0 Å². The van der Waals surface area contributed by atoms with Crippen LogP contribution in [0.5, 0.6) is 0 Å². The van der Waals surface area contributed by atoms with Gasteiger partial charge >= 0.3 is 0 Å². The van der Waals surface area contributed by atoms with E-state index in [1.165, 1.54) is 44.1 Å². The Kier molecular flexibility index (Phi) is 2.36. The van der Waals surface area contributed by atoms with Crippen LogP contribution < -0.4 is 0 Å². The standard InChI is InChI=1S/C19H25F/c1-13(2)15-5-4-14(10-16(15)20)18-7-6-17(3)11-19(17,12-18)9-8-18/h4-5,10,13H,6-9,11-12H2,1-3H3. The minimum absolute atomic E-state index is 0.0111. The zero-order valence-corrected chi connectivity index (χ0v) is 12.9. The second kappa shape index (κ2) is 3.67. The molecular weight excluding hydrogens is 247 g/mol. The summed E-state index contributed by atoms with van der Waals surface area (Å²) in [4.78, 5) is 0. The summed E-state index contributed by atoms with van der Waals surface area (Å²) in [6, 6.07) is 6.12. The Labute approximate surface area is 121 Å². The molecule has 3 aliphatic rings. The zero-order valence-electron chi connectivity index (χ0n) is 12.9. The fourth-order valence-electron chi connectivity index (χ4n) is 5.47. The summed E-state index contributed by atoms with van der Waals surface area (Å²) in [5, 5.41) is 0. The third-order valence-electron chi connectivity index (χ3n) is 7.03. The molecule has 1 heteroatoms. The normalized spacial score (nSPS) is 41.9. The molecule has 20 heavy (non-hydrogen) atoms. The monoisotopic (exact) mass is 272 g/mol. The highest BCUT2D eigenvalue weighted by Gasteiger charge is 2.71. The Bertz CT molecular complexity index is 575. The fraction of sp³-hybridized carbons (Fsp3) is 0.684. The predicted molar refractivity (Wildman–Crippen MR) is 80.4 cm³/mol. The van der Waals surface area contributed by atoms with Crippen LogP contribution in [0.2, 0.25) is 0 Å². The van der Waals surface area contributed by atoms with Crippen LogP contribution in [0.15, 0.2) is 18.2 Å². The van der Waals surface area contributed by atoms with Crippen molar-refractivity contribution >= 4 is 0 Å². The number of rotatable bonds is 2. The van der Waals surface area contributed by atoms with Gasteiger partial charge in [-0.2, -0.15) is 0 Å². The first-order valence-corrected chi connectivity index (χ1v) is 8.20. The number of fused-ring (bicyclic) bond motifs is 1. The van der Waals surface area contributed by atoms with E-state index in [4.69, 9.17) is 0 Å². The molecule has 0 nitrogen and oxygen atoms in total. The molecule has 0 aromatic heterocycles. The van der Waals surface area contributed by atoms with Crippen LogP contribution in [0.4, 0.5) is 4.39 Å². The Morgan fingerprint density at radius 2 is 1.80 bits per heavy atom. The van der Waals surface area contributed by atoms with Crippen molar-refractivity contribution < 1.29 is 4.39 Å². The maximum absolute atomic E-state index is 14.4. The van der Waals surface area contributed by atoms with E-state index in [-0.39, 0.29) is 11.7 Å². The van der Waals surface area contributed by atoms with Gasteiger partial charge in [0.15, 0.2) is 0 Å². The number of halogens is 1. The summed E-state index contributed by atoms with van der Waals surface area (Å²) in [6.45, 7) is 6.61. The highest BCUT2D eigenvalue weighted by atomic mass is 19.1. The molecule has 3 fully saturated rings. The third-order valence-corrected chi connectivity index (χ3v) is 7.03. The Morgan fingerprint density at radius 3 is 2.50 bits per heavy atom. The summed E-state index contributed by atoms with van der Waals surface area (Å²) < 4.78 is 14.4. The first kappa shape index (κ1) is 12.9. The van der Waals surface area contributed by atoms with Gasteiger partial charge in [0, 0.05) is 0 Å². The maximum atomic E-state index is 14.4. The van der Waals surface area contributed by atoms with Gasteiger partial charge in [-0.05, 0) is 77.9 Å². The summed E-state index contributed by atoms with van der Waals surface area (Å²) in [5.41, 5.74) is 3.70. The largest absolute Gasteiger partial charge is 0.207 e. The Balaban J connectivity index is 1.70. The molecule has 3 aliphatic carbocycles. The predicted octanol–water partition coefficient (Wildman–Crippen LogP) is 5.56. The lowest BCUT2D eigenvalue weighted by Crippen LogP contribution is -2.29. The van der Waals surface area contributed by atoms with Crippen LogP contribution in [0.1, 0.15) is 76.3 Å². The van der Waals surface area contributed by atoms with Gasteiger partial charge in [0.2, 0.25) is 0 Å². The van der Waals surface area contributed by atoms with Crippen LogP contribution in [0, 0.1) is 16.6 Å². The van der Waals surface area contributed by atoms with Crippen molar-refractivity contribution in [2.24, 2.45) is 10.8 Å². The Hall–Kier alpha value is -0.850. The van der Waals surface area contributed by atoms with E-state index in [2.05, 4.69) is 26.8 Å². The van der Waals surface area contributed by atoms with Crippen LogP contribution in [-0.4, -0.2) is 0 Å². The van der Waals surface area contributed by atoms with Crippen LogP contribution in [-0.2, 0) is 5.41 Å². The molecule has 0 amide bonds. The molecule has 3 unspecified atom stereocenters. The van der Waals surface area contributed by atoms with Gasteiger partial charge in [0.1, 0.15) is 5.82 Å². The van der Waals surface area contributed by atoms with Crippen molar-refractivity contribution in [3.63, 3.8) is 0 Å². The van der Waals surface area contributed by atoms with E-state index in [1.54, 1.807) is 0 Å². The molecule has 4 rings (SSSR count). The molecule has 3 saturated carbocycles. The maximum Gasteiger partial charge on any atom is 0.126 e. The molecule has 1 aromatic carbocycles. The quantitative estimate of drug-likeness (QED) is 0.661. The zero-order chi connectivity index (χ0) is 14.2. The molecule has 1 aromatic rings. The first-order chi connectivity index (χ1) is 9.40. The van der Waals surface area contributed by atoms with E-state index >= 15 is 0 Å². The van der Waals surface area contributed by atoms with Crippen LogP contribution in [0.25, 0.3) is 0 Å². The van der Waals surface area contributed by atoms with Gasteiger partial charge in [-0.25, -0.2) is 4.39 Å². The van der Waals surface area contributed by atoms with Crippen molar-refractivity contribution in [3.8, 4) is 0 Å². The van der Waals surface area contributed by atoms with Gasteiger partial charge in [0.25, 0.3) is 0 Å². The highest BCUT2D eigenvalue weighted by Crippen LogP contribution is 2.80. The SMILES string of the molecule is CC(C)c1ccc(C23CCC4(C)CC4(CC2)C3)cc1F. The van der Waals surface area contributed by atoms with E-state index in [1.807, 2.05) is 12.1 Å². The van der Waals surface area contributed by atoms with Crippen molar-refractivity contribution in [3.05, 3.63) is 35.1 Å². The van der Waals surface area contributed by atoms with E-state index < -0.39 is 0 Å². The molecule has 0 radical (unpaired) electrons. The molecule has 2 bridgehead atoms. The summed E-state index contributed by atoms with van der Waals surface area (Å²) in [7, 11) is 0. The summed E-state index contributed by atoms with van der Waals surface area (Å²) in [5.74, 6) is 0.284. The smallest absolute Gasteiger partial charge is 0.126 e. The summed E-state index contributed by atoms with van der Waals surface area (Å²) in [6.07, 6.45) is 8.01. The second-order valence-corrected chi connectivity index (χ2v) is 8.37. The second-order valence-electron chi connectivity index (χ2n) is 8.37. The van der Waals surface area contributed by atoms with E-state index in [0.717, 1.165) is 5.56 Å². The van der Waals surface area contributed by atoms with Gasteiger partial charge in [-0.1, -0.05) is 32.9 Å². The number of hydrogen-bond acceptors (Lipinski definition) is 0. The van der Waals surface area contributed by atoms with Gasteiger partial charge < -0.3 is 0 Å². The molecule has 0 N–H and O–H groups in total. The average molecular weight is 272 g/mol. The van der Waals surface area contributed by atoms with Crippen molar-refractivity contribution in [2.75, 3.05) is 0 Å². The van der Waals surface area contributed by atoms with Gasteiger partial charge in [-0.15, -0.1) is 0 Å².